The van der Waals surface area contributed by atoms with E-state index in [1.54, 1.807) is 4.90 Å². The summed E-state index contributed by atoms with van der Waals surface area (Å²) in [5.74, 6) is 0.135. The van der Waals surface area contributed by atoms with Gasteiger partial charge in [-0.2, -0.15) is 0 Å². The fourth-order valence-corrected chi connectivity index (χ4v) is 3.17. The predicted molar refractivity (Wildman–Crippen MR) is 82.6 cm³/mol. The van der Waals surface area contributed by atoms with Crippen LogP contribution >= 0.6 is 0 Å². The summed E-state index contributed by atoms with van der Waals surface area (Å²) >= 11 is 0. The van der Waals surface area contributed by atoms with E-state index in [0.29, 0.717) is 25.9 Å². The Morgan fingerprint density at radius 2 is 1.86 bits per heavy atom. The molecule has 1 aromatic carbocycles. The molecule has 0 saturated carbocycles. The molecule has 0 spiro atoms. The highest BCUT2D eigenvalue weighted by Crippen LogP contribution is 2.36. The average molecular weight is 288 g/mol. The second-order valence-electron chi connectivity index (χ2n) is 5.52. The van der Waals surface area contributed by atoms with Crippen molar-refractivity contribution in [3.63, 3.8) is 0 Å². The van der Waals surface area contributed by atoms with Crippen molar-refractivity contribution >= 4 is 11.8 Å². The van der Waals surface area contributed by atoms with Crippen LogP contribution in [0, 0.1) is 5.92 Å². The van der Waals surface area contributed by atoms with E-state index < -0.39 is 0 Å². The number of nitrogens with zero attached hydrogens (tertiary/aromatic N) is 2. The van der Waals surface area contributed by atoms with Gasteiger partial charge in [0.2, 0.25) is 11.8 Å². The average Bonchev–Trinajstić information content (AvgIpc) is 2.51. The predicted octanol–water partition coefficient (Wildman–Crippen LogP) is 2.46. The first-order chi connectivity index (χ1) is 10.1. The van der Waals surface area contributed by atoms with Crippen molar-refractivity contribution in [3.8, 4) is 0 Å². The molecule has 0 bridgehead atoms. The van der Waals surface area contributed by atoms with E-state index in [4.69, 9.17) is 0 Å². The number of piperidine rings is 1. The van der Waals surface area contributed by atoms with Gasteiger partial charge < -0.3 is 9.80 Å². The second kappa shape index (κ2) is 6.74. The van der Waals surface area contributed by atoms with Crippen molar-refractivity contribution < 1.29 is 9.59 Å². The smallest absolute Gasteiger partial charge is 0.228 e. The van der Waals surface area contributed by atoms with Gasteiger partial charge >= 0.3 is 0 Å². The van der Waals surface area contributed by atoms with Crippen molar-refractivity contribution in [2.75, 3.05) is 20.1 Å². The summed E-state index contributed by atoms with van der Waals surface area (Å²) in [6.45, 7) is 5.42. The fraction of sp³-hybridized carbons (Fsp3) is 0.529. The lowest BCUT2D eigenvalue weighted by Gasteiger charge is -2.40. The highest BCUT2D eigenvalue weighted by Gasteiger charge is 2.39. The molecule has 0 radical (unpaired) electrons. The SMILES string of the molecule is CCN(CC)C(=O)[C@@H]1CCC(=O)N(C)[C@H]1c1ccccc1. The number of rotatable bonds is 4. The number of carbonyl (C=O) groups is 2. The number of amides is 2. The molecule has 2 amide bonds. The third-order valence-electron chi connectivity index (χ3n) is 4.39. The van der Waals surface area contributed by atoms with Gasteiger partial charge in [0.15, 0.2) is 0 Å². The van der Waals surface area contributed by atoms with Crippen molar-refractivity contribution in [3.05, 3.63) is 35.9 Å². The largest absolute Gasteiger partial charge is 0.343 e. The molecule has 1 aliphatic heterocycles. The van der Waals surface area contributed by atoms with Crippen LogP contribution < -0.4 is 0 Å². The van der Waals surface area contributed by atoms with Gasteiger partial charge in [0.05, 0.1) is 12.0 Å². The molecule has 1 saturated heterocycles. The molecular formula is C17H24N2O2. The van der Waals surface area contributed by atoms with Crippen LogP contribution in [0.25, 0.3) is 0 Å². The van der Waals surface area contributed by atoms with Crippen LogP contribution in [0.3, 0.4) is 0 Å². The topological polar surface area (TPSA) is 40.6 Å². The van der Waals surface area contributed by atoms with Gasteiger partial charge in [-0.3, -0.25) is 9.59 Å². The fourth-order valence-electron chi connectivity index (χ4n) is 3.17. The van der Waals surface area contributed by atoms with Gasteiger partial charge in [0.25, 0.3) is 0 Å². The molecule has 1 heterocycles. The Morgan fingerprint density at radius 3 is 2.43 bits per heavy atom. The second-order valence-corrected chi connectivity index (χ2v) is 5.52. The maximum absolute atomic E-state index is 12.8. The molecule has 0 aliphatic carbocycles. The van der Waals surface area contributed by atoms with E-state index in [9.17, 15) is 9.59 Å². The molecule has 21 heavy (non-hydrogen) atoms. The first kappa shape index (κ1) is 15.5. The number of carbonyl (C=O) groups excluding carboxylic acids is 2. The third kappa shape index (κ3) is 3.09. The molecule has 0 aromatic heterocycles. The van der Waals surface area contributed by atoms with Gasteiger partial charge in [0, 0.05) is 26.6 Å². The summed E-state index contributed by atoms with van der Waals surface area (Å²) in [5.41, 5.74) is 1.04. The zero-order chi connectivity index (χ0) is 15.4. The molecule has 4 nitrogen and oxygen atoms in total. The minimum atomic E-state index is -0.152. The van der Waals surface area contributed by atoms with Crippen LogP contribution in [0.15, 0.2) is 30.3 Å². The Morgan fingerprint density at radius 1 is 1.24 bits per heavy atom. The highest BCUT2D eigenvalue weighted by atomic mass is 16.2. The Balaban J connectivity index is 2.33. The van der Waals surface area contributed by atoms with Gasteiger partial charge in [0.1, 0.15) is 0 Å². The molecule has 4 heteroatoms. The Bertz CT molecular complexity index is 497. The minimum Gasteiger partial charge on any atom is -0.343 e. The third-order valence-corrected chi connectivity index (χ3v) is 4.39. The Labute approximate surface area is 126 Å². The zero-order valence-electron chi connectivity index (χ0n) is 13.1. The van der Waals surface area contributed by atoms with Crippen LogP contribution in [0.5, 0.6) is 0 Å². The maximum Gasteiger partial charge on any atom is 0.228 e. The van der Waals surface area contributed by atoms with Gasteiger partial charge in [-0.05, 0) is 25.8 Å². The van der Waals surface area contributed by atoms with Crippen LogP contribution in [-0.4, -0.2) is 41.8 Å². The quantitative estimate of drug-likeness (QED) is 0.854. The number of likely N-dealkylation sites (tertiary alicyclic amines) is 1. The highest BCUT2D eigenvalue weighted by molar-refractivity contribution is 5.85. The van der Waals surface area contributed by atoms with Crippen molar-refractivity contribution in [1.82, 2.24) is 9.80 Å². The first-order valence-electron chi connectivity index (χ1n) is 7.69. The lowest BCUT2D eigenvalue weighted by atomic mass is 9.83. The molecule has 1 aromatic rings. The van der Waals surface area contributed by atoms with E-state index in [-0.39, 0.29) is 23.8 Å². The Hall–Kier alpha value is -1.84. The normalized spacial score (nSPS) is 22.2. The van der Waals surface area contributed by atoms with E-state index in [1.165, 1.54) is 0 Å². The van der Waals surface area contributed by atoms with E-state index in [0.717, 1.165) is 5.56 Å². The minimum absolute atomic E-state index is 0.118. The zero-order valence-corrected chi connectivity index (χ0v) is 13.1. The van der Waals surface area contributed by atoms with Crippen LogP contribution in [-0.2, 0) is 9.59 Å². The monoisotopic (exact) mass is 288 g/mol. The first-order valence-corrected chi connectivity index (χ1v) is 7.69. The van der Waals surface area contributed by atoms with Crippen LogP contribution in [0.2, 0.25) is 0 Å². The molecule has 0 N–H and O–H groups in total. The summed E-state index contributed by atoms with van der Waals surface area (Å²) < 4.78 is 0. The summed E-state index contributed by atoms with van der Waals surface area (Å²) in [6.07, 6.45) is 1.09. The number of benzene rings is 1. The summed E-state index contributed by atoms with van der Waals surface area (Å²) in [4.78, 5) is 28.4. The molecule has 0 unspecified atom stereocenters. The lowest BCUT2D eigenvalue weighted by Crippen LogP contribution is -2.47. The number of hydrogen-bond donors (Lipinski definition) is 0. The van der Waals surface area contributed by atoms with Gasteiger partial charge in [-0.25, -0.2) is 0 Å². The van der Waals surface area contributed by atoms with Crippen molar-refractivity contribution in [2.45, 2.75) is 32.7 Å². The van der Waals surface area contributed by atoms with Gasteiger partial charge in [-0.1, -0.05) is 30.3 Å². The molecule has 1 fully saturated rings. The molecular weight excluding hydrogens is 264 g/mol. The van der Waals surface area contributed by atoms with Crippen molar-refractivity contribution in [2.24, 2.45) is 5.92 Å². The standard InChI is InChI=1S/C17H24N2O2/c1-4-19(5-2)17(21)14-11-12-15(20)18(3)16(14)13-9-7-6-8-10-13/h6-10,14,16H,4-5,11-12H2,1-3H3/t14-,16+/m1/s1. The maximum atomic E-state index is 12.8. The molecule has 1 aliphatic rings. The summed E-state index contributed by atoms with van der Waals surface area (Å²) in [5, 5.41) is 0. The van der Waals surface area contributed by atoms with E-state index in [1.807, 2.05) is 56.1 Å². The molecule has 2 rings (SSSR count). The van der Waals surface area contributed by atoms with Gasteiger partial charge in [-0.15, -0.1) is 0 Å². The van der Waals surface area contributed by atoms with E-state index in [2.05, 4.69) is 0 Å². The lowest BCUT2D eigenvalue weighted by molar-refractivity contribution is -0.146. The van der Waals surface area contributed by atoms with Crippen LogP contribution in [0.1, 0.15) is 38.3 Å². The number of hydrogen-bond acceptors (Lipinski definition) is 2. The van der Waals surface area contributed by atoms with Crippen LogP contribution in [0.4, 0.5) is 0 Å². The Kier molecular flexibility index (Phi) is 4.99. The van der Waals surface area contributed by atoms with Crippen molar-refractivity contribution in [1.29, 1.82) is 0 Å². The summed E-state index contributed by atoms with van der Waals surface area (Å²) in [7, 11) is 1.81. The molecule has 114 valence electrons. The van der Waals surface area contributed by atoms with E-state index >= 15 is 0 Å². The summed E-state index contributed by atoms with van der Waals surface area (Å²) in [6, 6.07) is 9.73. The molecule has 2 atom stereocenters.